The van der Waals surface area contributed by atoms with Gasteiger partial charge in [-0.15, -0.1) is 0 Å². The van der Waals surface area contributed by atoms with Gasteiger partial charge in [-0.05, 0) is 24.6 Å². The van der Waals surface area contributed by atoms with Crippen molar-refractivity contribution < 1.29 is 9.53 Å². The molecule has 0 spiro atoms. The molecule has 0 radical (unpaired) electrons. The van der Waals surface area contributed by atoms with Crippen LogP contribution in [-0.2, 0) is 9.53 Å². The van der Waals surface area contributed by atoms with Crippen molar-refractivity contribution in [3.63, 3.8) is 0 Å². The van der Waals surface area contributed by atoms with Crippen molar-refractivity contribution in [1.29, 1.82) is 0 Å². The molecule has 1 saturated heterocycles. The Morgan fingerprint density at radius 1 is 1.42 bits per heavy atom. The van der Waals surface area contributed by atoms with E-state index in [-0.39, 0.29) is 12.5 Å². The van der Waals surface area contributed by atoms with Crippen LogP contribution < -0.4 is 5.73 Å². The largest absolute Gasteiger partial charge is 0.404 e. The van der Waals surface area contributed by atoms with E-state index in [9.17, 15) is 4.79 Å². The minimum atomic E-state index is 0.0381. The minimum absolute atomic E-state index is 0.0381. The Kier molecular flexibility index (Phi) is 6.14. The predicted molar refractivity (Wildman–Crippen MR) is 102 cm³/mol. The van der Waals surface area contributed by atoms with Crippen LogP contribution in [0.15, 0.2) is 35.6 Å². The summed E-state index contributed by atoms with van der Waals surface area (Å²) in [6.45, 7) is 2.71. The number of aliphatic imine (C=N–C) groups is 1. The number of morpholine rings is 1. The molecule has 1 amide bonds. The number of nitrogens with two attached hydrogens (primary N) is 1. The summed E-state index contributed by atoms with van der Waals surface area (Å²) in [4.78, 5) is 26.5. The summed E-state index contributed by atoms with van der Waals surface area (Å²) in [6, 6.07) is 5.41. The van der Waals surface area contributed by atoms with Crippen molar-refractivity contribution in [2.75, 3.05) is 32.8 Å². The van der Waals surface area contributed by atoms with E-state index in [1.54, 1.807) is 23.4 Å². The highest BCUT2D eigenvalue weighted by Gasteiger charge is 2.17. The number of pyridine rings is 2. The van der Waals surface area contributed by atoms with E-state index in [4.69, 9.17) is 22.1 Å². The molecule has 1 aliphatic rings. The van der Waals surface area contributed by atoms with Crippen LogP contribution in [0.2, 0.25) is 5.15 Å². The maximum Gasteiger partial charge on any atom is 0.248 e. The van der Waals surface area contributed by atoms with Gasteiger partial charge in [-0.25, -0.2) is 4.98 Å². The van der Waals surface area contributed by atoms with E-state index in [1.807, 2.05) is 12.1 Å². The molecular weight excluding hydrogens is 354 g/mol. The second kappa shape index (κ2) is 8.73. The Morgan fingerprint density at radius 3 is 3.12 bits per heavy atom. The summed E-state index contributed by atoms with van der Waals surface area (Å²) >= 11 is 5.94. The Labute approximate surface area is 156 Å². The third-order valence-electron chi connectivity index (χ3n) is 4.05. The Hall–Kier alpha value is -2.51. The second-order valence-electron chi connectivity index (χ2n) is 5.84. The first-order valence-corrected chi connectivity index (χ1v) is 8.75. The van der Waals surface area contributed by atoms with Crippen LogP contribution >= 0.6 is 11.6 Å². The van der Waals surface area contributed by atoms with Crippen LogP contribution in [0.3, 0.4) is 0 Å². The van der Waals surface area contributed by atoms with Crippen LogP contribution in [0.5, 0.6) is 0 Å². The number of aromatic nitrogens is 2. The topological polar surface area (TPSA) is 93.7 Å². The molecule has 26 heavy (non-hydrogen) atoms. The molecule has 1 aliphatic heterocycles. The quantitative estimate of drug-likeness (QED) is 0.474. The summed E-state index contributed by atoms with van der Waals surface area (Å²) in [7, 11) is 0. The Balaban J connectivity index is 1.58. The molecule has 0 atom stereocenters. The number of carbonyl (C=O) groups excluding carboxylic acids is 1. The molecule has 3 heterocycles. The number of halogens is 1. The van der Waals surface area contributed by atoms with Gasteiger partial charge in [0.2, 0.25) is 5.91 Å². The summed E-state index contributed by atoms with van der Waals surface area (Å²) in [6.07, 6.45) is 5.72. The Morgan fingerprint density at radius 2 is 2.31 bits per heavy atom. The van der Waals surface area contributed by atoms with E-state index < -0.39 is 0 Å². The lowest BCUT2D eigenvalue weighted by atomic mass is 10.1. The van der Waals surface area contributed by atoms with Gasteiger partial charge in [-0.3, -0.25) is 14.8 Å². The fourth-order valence-electron chi connectivity index (χ4n) is 2.66. The maximum atomic E-state index is 11.6. The number of amides is 1. The number of rotatable bonds is 6. The first kappa shape index (κ1) is 18.3. The zero-order chi connectivity index (χ0) is 18.4. The van der Waals surface area contributed by atoms with E-state index >= 15 is 0 Å². The number of carbonyl (C=O) groups is 1. The van der Waals surface area contributed by atoms with E-state index in [0.717, 1.165) is 23.1 Å². The lowest BCUT2D eigenvalue weighted by Crippen LogP contribution is -2.42. The minimum Gasteiger partial charge on any atom is -0.404 e. The molecule has 2 aromatic heterocycles. The summed E-state index contributed by atoms with van der Waals surface area (Å²) in [5.41, 5.74) is 8.78. The predicted octanol–water partition coefficient (Wildman–Crippen LogP) is 1.90. The number of fused-ring (bicyclic) bond motifs is 1. The van der Waals surface area contributed by atoms with Gasteiger partial charge in [-0.2, -0.15) is 0 Å². The number of ether oxygens (including phenoxy) is 1. The molecule has 8 heteroatoms. The van der Waals surface area contributed by atoms with Crippen molar-refractivity contribution in [1.82, 2.24) is 14.9 Å². The zero-order valence-corrected chi connectivity index (χ0v) is 15.0. The van der Waals surface area contributed by atoms with Crippen LogP contribution in [0, 0.1) is 0 Å². The van der Waals surface area contributed by atoms with E-state index in [2.05, 4.69) is 15.0 Å². The van der Waals surface area contributed by atoms with Gasteiger partial charge in [0.25, 0.3) is 0 Å². The standard InChI is InChI=1S/C18H20ClN5O2/c19-17-3-2-15-16(23-17)8-13(11-22-15)14(9-20)10-21-4-1-5-24-6-7-26-12-18(24)25/h2-3,8-11H,1,4-7,12,20H2. The lowest BCUT2D eigenvalue weighted by molar-refractivity contribution is -0.142. The van der Waals surface area contributed by atoms with Crippen LogP contribution in [0.25, 0.3) is 16.6 Å². The zero-order valence-electron chi connectivity index (χ0n) is 14.3. The summed E-state index contributed by atoms with van der Waals surface area (Å²) in [5, 5.41) is 0.418. The van der Waals surface area contributed by atoms with Gasteiger partial charge in [-0.1, -0.05) is 11.6 Å². The monoisotopic (exact) mass is 373 g/mol. The van der Waals surface area contributed by atoms with Gasteiger partial charge < -0.3 is 15.4 Å². The number of allylic oxidation sites excluding steroid dienone is 1. The van der Waals surface area contributed by atoms with Gasteiger partial charge in [0, 0.05) is 49.4 Å². The fourth-order valence-corrected chi connectivity index (χ4v) is 2.81. The molecule has 2 aromatic rings. The van der Waals surface area contributed by atoms with Crippen molar-refractivity contribution in [2.45, 2.75) is 6.42 Å². The molecule has 0 saturated carbocycles. The molecule has 0 aliphatic carbocycles. The number of hydrogen-bond donors (Lipinski definition) is 1. The first-order valence-electron chi connectivity index (χ1n) is 8.37. The molecule has 0 aromatic carbocycles. The molecule has 136 valence electrons. The van der Waals surface area contributed by atoms with Gasteiger partial charge in [0.1, 0.15) is 11.8 Å². The second-order valence-corrected chi connectivity index (χ2v) is 6.23. The SMILES string of the molecule is NC=C(C=NCCCN1CCOCC1=O)c1cnc2ccc(Cl)nc2c1. The van der Waals surface area contributed by atoms with Crippen LogP contribution in [-0.4, -0.2) is 59.8 Å². The number of hydrogen-bond acceptors (Lipinski definition) is 6. The molecule has 0 bridgehead atoms. The highest BCUT2D eigenvalue weighted by molar-refractivity contribution is 6.29. The van der Waals surface area contributed by atoms with Crippen molar-refractivity contribution in [3.8, 4) is 0 Å². The van der Waals surface area contributed by atoms with Gasteiger partial charge in [0.15, 0.2) is 0 Å². The van der Waals surface area contributed by atoms with E-state index in [0.29, 0.717) is 36.9 Å². The maximum absolute atomic E-state index is 11.6. The molecule has 7 nitrogen and oxygen atoms in total. The highest BCUT2D eigenvalue weighted by atomic mass is 35.5. The average molecular weight is 374 g/mol. The molecular formula is C18H20ClN5O2. The molecule has 3 rings (SSSR count). The van der Waals surface area contributed by atoms with Gasteiger partial charge in [0.05, 0.1) is 17.6 Å². The Bertz CT molecular complexity index is 853. The van der Waals surface area contributed by atoms with Crippen molar-refractivity contribution in [2.24, 2.45) is 10.7 Å². The van der Waals surface area contributed by atoms with Crippen molar-refractivity contribution in [3.05, 3.63) is 41.3 Å². The first-order chi connectivity index (χ1) is 12.7. The van der Waals surface area contributed by atoms with Crippen LogP contribution in [0.1, 0.15) is 12.0 Å². The van der Waals surface area contributed by atoms with Crippen molar-refractivity contribution >= 4 is 40.3 Å². The smallest absolute Gasteiger partial charge is 0.248 e. The summed E-state index contributed by atoms with van der Waals surface area (Å²) in [5.74, 6) is 0.0381. The normalized spacial score (nSPS) is 16.0. The third kappa shape index (κ3) is 4.56. The third-order valence-corrected chi connectivity index (χ3v) is 4.26. The fraction of sp³-hybridized carbons (Fsp3) is 0.333. The lowest BCUT2D eigenvalue weighted by Gasteiger charge is -2.26. The van der Waals surface area contributed by atoms with Gasteiger partial charge >= 0.3 is 0 Å². The number of nitrogens with zero attached hydrogens (tertiary/aromatic N) is 4. The summed E-state index contributed by atoms with van der Waals surface area (Å²) < 4.78 is 5.11. The average Bonchev–Trinajstić information content (AvgIpc) is 2.65. The van der Waals surface area contributed by atoms with Crippen LogP contribution in [0.4, 0.5) is 0 Å². The molecule has 2 N–H and O–H groups in total. The molecule has 0 unspecified atom stereocenters. The molecule has 1 fully saturated rings. The van der Waals surface area contributed by atoms with E-state index in [1.165, 1.54) is 6.20 Å². The highest BCUT2D eigenvalue weighted by Crippen LogP contribution is 2.18.